The van der Waals surface area contributed by atoms with Crippen LogP contribution in [0.1, 0.15) is 38.7 Å². The monoisotopic (exact) mass is 447 g/mol. The molecule has 1 amide bonds. The van der Waals surface area contributed by atoms with Crippen LogP contribution in [0, 0.1) is 0 Å². The van der Waals surface area contributed by atoms with Crippen LogP contribution < -0.4 is 0 Å². The third kappa shape index (κ3) is 4.22. The van der Waals surface area contributed by atoms with Crippen molar-refractivity contribution in [2.24, 2.45) is 0 Å². The third-order valence-corrected chi connectivity index (χ3v) is 8.32. The molecule has 0 N–H and O–H groups in total. The molecule has 2 aliphatic rings. The van der Waals surface area contributed by atoms with Crippen LogP contribution in [0.4, 0.5) is 13.2 Å². The summed E-state index contributed by atoms with van der Waals surface area (Å²) in [6, 6.07) is 4.31. The number of carbonyl (C=O) groups is 1. The number of benzene rings is 1. The lowest BCUT2D eigenvalue weighted by Gasteiger charge is -2.45. The highest BCUT2D eigenvalue weighted by molar-refractivity contribution is 7.89. The maximum absolute atomic E-state index is 13.3. The lowest BCUT2D eigenvalue weighted by atomic mass is 9.92. The van der Waals surface area contributed by atoms with Crippen molar-refractivity contribution >= 4 is 15.9 Å². The first-order valence-corrected chi connectivity index (χ1v) is 11.7. The average molecular weight is 448 g/mol. The lowest BCUT2D eigenvalue weighted by molar-refractivity contribution is -0.140. The van der Waals surface area contributed by atoms with Crippen molar-refractivity contribution in [3.05, 3.63) is 29.8 Å². The van der Waals surface area contributed by atoms with Crippen molar-refractivity contribution in [3.8, 4) is 0 Å². The Bertz CT molecular complexity index is 883. The fourth-order valence-electron chi connectivity index (χ4n) is 4.53. The zero-order valence-corrected chi connectivity index (χ0v) is 18.1. The molecule has 0 aromatic heterocycles. The van der Waals surface area contributed by atoms with E-state index in [2.05, 4.69) is 11.8 Å². The van der Waals surface area contributed by atoms with Crippen LogP contribution in [0.3, 0.4) is 0 Å². The molecule has 1 aromatic carbocycles. The van der Waals surface area contributed by atoms with E-state index < -0.39 is 26.7 Å². The van der Waals surface area contributed by atoms with Crippen molar-refractivity contribution in [1.82, 2.24) is 14.1 Å². The second-order valence-corrected chi connectivity index (χ2v) is 9.79. The van der Waals surface area contributed by atoms with Gasteiger partial charge in [-0.2, -0.15) is 17.5 Å². The van der Waals surface area contributed by atoms with Crippen LogP contribution in [0.5, 0.6) is 0 Å². The van der Waals surface area contributed by atoms with Crippen LogP contribution in [0.25, 0.3) is 0 Å². The molecule has 2 saturated heterocycles. The van der Waals surface area contributed by atoms with Gasteiger partial charge in [0.1, 0.15) is 0 Å². The highest BCUT2D eigenvalue weighted by atomic mass is 32.2. The molecule has 168 valence electrons. The molecule has 1 unspecified atom stereocenters. The molecule has 30 heavy (non-hydrogen) atoms. The Kier molecular flexibility index (Phi) is 6.50. The van der Waals surface area contributed by atoms with E-state index in [9.17, 15) is 26.4 Å². The minimum Gasteiger partial charge on any atom is -0.341 e. The van der Waals surface area contributed by atoms with Gasteiger partial charge < -0.3 is 4.90 Å². The van der Waals surface area contributed by atoms with Gasteiger partial charge in [0.2, 0.25) is 15.9 Å². The molecular formula is C20H28F3N3O3S. The summed E-state index contributed by atoms with van der Waals surface area (Å²) >= 11 is 0. The number of piperazine rings is 1. The van der Waals surface area contributed by atoms with E-state index in [-0.39, 0.29) is 24.5 Å². The molecule has 10 heteroatoms. The number of sulfonamides is 1. The summed E-state index contributed by atoms with van der Waals surface area (Å²) < 4.78 is 67.0. The van der Waals surface area contributed by atoms with Crippen LogP contribution in [0.15, 0.2) is 29.2 Å². The summed E-state index contributed by atoms with van der Waals surface area (Å²) in [4.78, 5) is 15.4. The second-order valence-electron chi connectivity index (χ2n) is 7.88. The first-order valence-electron chi connectivity index (χ1n) is 10.2. The van der Waals surface area contributed by atoms with Gasteiger partial charge in [0, 0.05) is 51.2 Å². The van der Waals surface area contributed by atoms with Gasteiger partial charge in [0.05, 0.1) is 10.5 Å². The summed E-state index contributed by atoms with van der Waals surface area (Å²) in [6.07, 6.45) is -2.65. The van der Waals surface area contributed by atoms with Crippen molar-refractivity contribution in [2.45, 2.75) is 49.7 Å². The molecule has 0 radical (unpaired) electrons. The quantitative estimate of drug-likeness (QED) is 0.697. The predicted molar refractivity (Wildman–Crippen MR) is 106 cm³/mol. The van der Waals surface area contributed by atoms with Crippen LogP contribution >= 0.6 is 0 Å². The van der Waals surface area contributed by atoms with E-state index in [4.69, 9.17) is 0 Å². The number of rotatable bonds is 5. The largest absolute Gasteiger partial charge is 0.417 e. The molecule has 3 rings (SSSR count). The molecule has 1 atom stereocenters. The highest BCUT2D eigenvalue weighted by Crippen LogP contribution is 2.36. The lowest BCUT2D eigenvalue weighted by Crippen LogP contribution is -2.59. The first kappa shape index (κ1) is 23.0. The third-order valence-electron chi connectivity index (χ3n) is 6.37. The smallest absolute Gasteiger partial charge is 0.341 e. The number of alkyl halides is 3. The van der Waals surface area contributed by atoms with Gasteiger partial charge in [-0.3, -0.25) is 9.69 Å². The molecule has 0 spiro atoms. The van der Waals surface area contributed by atoms with Gasteiger partial charge >= 0.3 is 6.18 Å². The SMILES string of the molecule is CCC(=O)N1CCC(CC)(N2CCN(S(=O)(=O)c3ccccc3C(F)(F)F)CC2)C1. The fourth-order valence-corrected chi connectivity index (χ4v) is 6.17. The average Bonchev–Trinajstić information content (AvgIpc) is 3.18. The number of carbonyl (C=O) groups excluding carboxylic acids is 1. The van der Waals surface area contributed by atoms with E-state index in [1.165, 1.54) is 12.1 Å². The summed E-state index contributed by atoms with van der Waals surface area (Å²) in [6.45, 7) is 6.28. The maximum atomic E-state index is 13.3. The van der Waals surface area contributed by atoms with E-state index >= 15 is 0 Å². The Hall–Kier alpha value is -1.65. The number of hydrogen-bond donors (Lipinski definition) is 0. The van der Waals surface area contributed by atoms with E-state index in [1.54, 1.807) is 0 Å². The van der Waals surface area contributed by atoms with E-state index in [0.29, 0.717) is 32.6 Å². The van der Waals surface area contributed by atoms with Crippen LogP contribution in [-0.4, -0.2) is 73.2 Å². The van der Waals surface area contributed by atoms with Gasteiger partial charge in [0.25, 0.3) is 0 Å². The van der Waals surface area contributed by atoms with Gasteiger partial charge in [0.15, 0.2) is 0 Å². The Labute approximate surface area is 175 Å². The molecular weight excluding hydrogens is 419 g/mol. The van der Waals surface area contributed by atoms with Crippen molar-refractivity contribution in [1.29, 1.82) is 0 Å². The Morgan fingerprint density at radius 1 is 1.07 bits per heavy atom. The van der Waals surface area contributed by atoms with Crippen LogP contribution in [-0.2, 0) is 21.0 Å². The number of hydrogen-bond acceptors (Lipinski definition) is 4. The Balaban J connectivity index is 1.75. The summed E-state index contributed by atoms with van der Waals surface area (Å²) in [5, 5.41) is 0. The van der Waals surface area contributed by atoms with Gasteiger partial charge in [-0.15, -0.1) is 0 Å². The second kappa shape index (κ2) is 8.47. The molecule has 2 aliphatic heterocycles. The summed E-state index contributed by atoms with van der Waals surface area (Å²) in [7, 11) is -4.26. The highest BCUT2D eigenvalue weighted by Gasteiger charge is 2.45. The fraction of sp³-hybridized carbons (Fsp3) is 0.650. The Morgan fingerprint density at radius 2 is 1.70 bits per heavy atom. The van der Waals surface area contributed by atoms with Crippen molar-refractivity contribution < 1.29 is 26.4 Å². The van der Waals surface area contributed by atoms with Gasteiger partial charge in [-0.1, -0.05) is 26.0 Å². The standard InChI is InChI=1S/C20H28F3N3O3S/c1-3-18(27)24-10-9-19(4-2,15-24)25-11-13-26(14-12-25)30(28,29)17-8-6-5-7-16(17)20(21,22)23/h5-8H,3-4,9-15H2,1-2H3. The van der Waals surface area contributed by atoms with Crippen LogP contribution in [0.2, 0.25) is 0 Å². The molecule has 0 aliphatic carbocycles. The molecule has 0 saturated carbocycles. The van der Waals surface area contributed by atoms with E-state index in [0.717, 1.165) is 29.3 Å². The predicted octanol–water partition coefficient (Wildman–Crippen LogP) is 2.80. The number of halogens is 3. The molecule has 1 aromatic rings. The zero-order chi connectivity index (χ0) is 22.2. The maximum Gasteiger partial charge on any atom is 0.417 e. The number of amides is 1. The van der Waals surface area contributed by atoms with E-state index in [1.807, 2.05) is 11.8 Å². The van der Waals surface area contributed by atoms with Gasteiger partial charge in [-0.25, -0.2) is 8.42 Å². The number of likely N-dealkylation sites (tertiary alicyclic amines) is 1. The van der Waals surface area contributed by atoms with Crippen molar-refractivity contribution in [3.63, 3.8) is 0 Å². The molecule has 2 heterocycles. The molecule has 6 nitrogen and oxygen atoms in total. The normalized spacial score (nSPS) is 24.4. The molecule has 2 fully saturated rings. The minimum atomic E-state index is -4.74. The topological polar surface area (TPSA) is 60.9 Å². The minimum absolute atomic E-state index is 0.107. The molecule has 0 bridgehead atoms. The Morgan fingerprint density at radius 3 is 2.27 bits per heavy atom. The summed E-state index contributed by atoms with van der Waals surface area (Å²) in [5.41, 5.74) is -1.34. The van der Waals surface area contributed by atoms with Crippen molar-refractivity contribution in [2.75, 3.05) is 39.3 Å². The number of nitrogens with zero attached hydrogens (tertiary/aromatic N) is 3. The summed E-state index contributed by atoms with van der Waals surface area (Å²) in [5.74, 6) is 0.107. The zero-order valence-electron chi connectivity index (χ0n) is 17.3. The first-order chi connectivity index (χ1) is 14.0. The van der Waals surface area contributed by atoms with Gasteiger partial charge in [-0.05, 0) is 25.0 Å².